The molecule has 0 saturated carbocycles. The third kappa shape index (κ3) is 3.52. The van der Waals surface area contributed by atoms with Gasteiger partial charge in [0.2, 0.25) is 5.91 Å². The molecule has 4 aromatic rings. The normalized spacial score (nSPS) is 16.9. The van der Waals surface area contributed by atoms with Crippen molar-refractivity contribution in [3.05, 3.63) is 76.4 Å². The summed E-state index contributed by atoms with van der Waals surface area (Å²) in [6.07, 6.45) is 7.52. The first-order chi connectivity index (χ1) is 14.7. The number of hydrogen-bond donors (Lipinski definition) is 2. The average Bonchev–Trinajstić information content (AvgIpc) is 3.53. The number of methoxy groups -OCH3 is 1. The molecule has 0 aliphatic heterocycles. The third-order valence-electron chi connectivity index (χ3n) is 6.04. The summed E-state index contributed by atoms with van der Waals surface area (Å²) in [5.74, 6) is 0.940. The molecule has 2 N–H and O–H groups in total. The van der Waals surface area contributed by atoms with Gasteiger partial charge in [-0.25, -0.2) is 0 Å². The van der Waals surface area contributed by atoms with Crippen molar-refractivity contribution < 1.29 is 9.53 Å². The molecule has 1 aromatic carbocycles. The molecule has 3 aromatic heterocycles. The molecule has 0 spiro atoms. The minimum absolute atomic E-state index is 0.0151. The van der Waals surface area contributed by atoms with Gasteiger partial charge in [0.1, 0.15) is 5.75 Å². The maximum absolute atomic E-state index is 13.1. The van der Waals surface area contributed by atoms with Gasteiger partial charge in [-0.2, -0.15) is 11.3 Å². The van der Waals surface area contributed by atoms with Crippen LogP contribution in [0.2, 0.25) is 0 Å². The Kier molecular flexibility index (Phi) is 5.09. The van der Waals surface area contributed by atoms with Crippen LogP contribution in [0.25, 0.3) is 10.9 Å². The molecule has 2 atom stereocenters. The van der Waals surface area contributed by atoms with E-state index in [1.54, 1.807) is 18.4 Å². The van der Waals surface area contributed by atoms with Gasteiger partial charge in [-0.05, 0) is 77.5 Å². The number of carbonyl (C=O) groups is 1. The summed E-state index contributed by atoms with van der Waals surface area (Å²) < 4.78 is 7.52. The number of aryl methyl sites for hydroxylation is 1. The predicted octanol–water partition coefficient (Wildman–Crippen LogP) is 5.21. The first-order valence-corrected chi connectivity index (χ1v) is 11.3. The van der Waals surface area contributed by atoms with E-state index in [1.807, 2.05) is 30.6 Å². The molecule has 1 amide bonds. The van der Waals surface area contributed by atoms with Crippen molar-refractivity contribution in [3.8, 4) is 5.75 Å². The third-order valence-corrected chi connectivity index (χ3v) is 6.75. The average molecular weight is 420 g/mol. The summed E-state index contributed by atoms with van der Waals surface area (Å²) in [7, 11) is 1.69. The Hall–Kier alpha value is -2.99. The molecule has 0 unspecified atom stereocenters. The number of hydrogen-bond acceptors (Lipinski definition) is 3. The Morgan fingerprint density at radius 3 is 2.97 bits per heavy atom. The Morgan fingerprint density at radius 1 is 1.33 bits per heavy atom. The highest BCUT2D eigenvalue weighted by atomic mass is 32.1. The molecule has 0 saturated heterocycles. The molecule has 30 heavy (non-hydrogen) atoms. The van der Waals surface area contributed by atoms with E-state index in [0.29, 0.717) is 6.42 Å². The van der Waals surface area contributed by atoms with Crippen molar-refractivity contribution in [2.24, 2.45) is 0 Å². The number of ether oxygens (including phenoxy) is 1. The number of fused-ring (bicyclic) bond motifs is 3. The number of nitrogens with zero attached hydrogens (tertiary/aromatic N) is 1. The van der Waals surface area contributed by atoms with E-state index in [2.05, 4.69) is 43.8 Å². The number of nitrogens with one attached hydrogen (secondary N) is 2. The molecule has 1 aliphatic rings. The highest BCUT2D eigenvalue weighted by molar-refractivity contribution is 7.08. The van der Waals surface area contributed by atoms with Gasteiger partial charge in [-0.15, -0.1) is 0 Å². The molecule has 0 bridgehead atoms. The summed E-state index contributed by atoms with van der Waals surface area (Å²) in [6.45, 7) is 0. The van der Waals surface area contributed by atoms with Gasteiger partial charge in [-0.3, -0.25) is 4.79 Å². The summed E-state index contributed by atoms with van der Waals surface area (Å²) in [5, 5.41) is 8.70. The number of H-pyrrole nitrogens is 1. The number of aromatic nitrogens is 2. The molecule has 0 fully saturated rings. The largest absolute Gasteiger partial charge is 0.497 e. The second-order valence-electron chi connectivity index (χ2n) is 7.85. The number of amides is 1. The van der Waals surface area contributed by atoms with Crippen molar-refractivity contribution in [1.29, 1.82) is 0 Å². The standard InChI is InChI=1S/C24H25N3O2S/c1-29-17-7-8-20-19(13-17)18-5-4-6-21(24(18)26-20)25-23(28)14-22(16-9-12-30-15-16)27-10-2-3-11-27/h2-3,7-13,15,21-22,26H,4-6,14H2,1H3,(H,25,28)/t21-,22-/m0/s1. The van der Waals surface area contributed by atoms with Crippen LogP contribution in [0.5, 0.6) is 5.75 Å². The van der Waals surface area contributed by atoms with Crippen LogP contribution in [0.15, 0.2) is 59.6 Å². The van der Waals surface area contributed by atoms with E-state index in [-0.39, 0.29) is 18.0 Å². The summed E-state index contributed by atoms with van der Waals surface area (Å²) in [4.78, 5) is 16.6. The molecular formula is C24H25N3O2S. The topological polar surface area (TPSA) is 59.0 Å². The predicted molar refractivity (Wildman–Crippen MR) is 120 cm³/mol. The van der Waals surface area contributed by atoms with E-state index in [4.69, 9.17) is 4.74 Å². The van der Waals surface area contributed by atoms with Gasteiger partial charge < -0.3 is 19.6 Å². The monoisotopic (exact) mass is 419 g/mol. The molecular weight excluding hydrogens is 394 g/mol. The lowest BCUT2D eigenvalue weighted by Crippen LogP contribution is -2.32. The van der Waals surface area contributed by atoms with E-state index < -0.39 is 0 Å². The van der Waals surface area contributed by atoms with Gasteiger partial charge in [0.25, 0.3) is 0 Å². The molecule has 5 rings (SSSR count). The van der Waals surface area contributed by atoms with Crippen LogP contribution in [0.1, 0.15) is 48.2 Å². The quantitative estimate of drug-likeness (QED) is 0.451. The molecule has 3 heterocycles. The molecule has 1 aliphatic carbocycles. The van der Waals surface area contributed by atoms with Crippen LogP contribution >= 0.6 is 11.3 Å². The van der Waals surface area contributed by atoms with Crippen molar-refractivity contribution in [3.63, 3.8) is 0 Å². The number of rotatable bonds is 6. The Labute approximate surface area is 179 Å². The number of carbonyl (C=O) groups excluding carboxylic acids is 1. The zero-order valence-corrected chi connectivity index (χ0v) is 17.7. The van der Waals surface area contributed by atoms with Gasteiger partial charge in [-0.1, -0.05) is 0 Å². The Morgan fingerprint density at radius 2 is 2.20 bits per heavy atom. The number of benzene rings is 1. The van der Waals surface area contributed by atoms with Crippen LogP contribution in [-0.2, 0) is 11.2 Å². The molecule has 0 radical (unpaired) electrons. The van der Waals surface area contributed by atoms with Gasteiger partial charge in [0.15, 0.2) is 0 Å². The van der Waals surface area contributed by atoms with Gasteiger partial charge >= 0.3 is 0 Å². The van der Waals surface area contributed by atoms with Crippen LogP contribution in [0.4, 0.5) is 0 Å². The number of aromatic amines is 1. The first-order valence-electron chi connectivity index (χ1n) is 10.4. The maximum atomic E-state index is 13.1. The van der Waals surface area contributed by atoms with Crippen molar-refractivity contribution in [2.45, 2.75) is 37.8 Å². The first kappa shape index (κ1) is 19.0. The zero-order valence-electron chi connectivity index (χ0n) is 16.9. The lowest BCUT2D eigenvalue weighted by molar-refractivity contribution is -0.122. The Bertz CT molecular complexity index is 1110. The molecule has 5 nitrogen and oxygen atoms in total. The van der Waals surface area contributed by atoms with Crippen LogP contribution in [0.3, 0.4) is 0 Å². The van der Waals surface area contributed by atoms with Gasteiger partial charge in [0, 0.05) is 29.0 Å². The summed E-state index contributed by atoms with van der Waals surface area (Å²) >= 11 is 1.66. The summed E-state index contributed by atoms with van der Waals surface area (Å²) in [6, 6.07) is 12.3. The van der Waals surface area contributed by atoms with E-state index >= 15 is 0 Å². The zero-order chi connectivity index (χ0) is 20.5. The number of thiophene rings is 1. The van der Waals surface area contributed by atoms with Crippen LogP contribution in [-0.4, -0.2) is 22.6 Å². The fourth-order valence-electron chi connectivity index (χ4n) is 4.56. The second-order valence-corrected chi connectivity index (χ2v) is 8.63. The van der Waals surface area contributed by atoms with Crippen LogP contribution in [0, 0.1) is 0 Å². The fraction of sp³-hybridized carbons (Fsp3) is 0.292. The van der Waals surface area contributed by atoms with Crippen molar-refractivity contribution >= 4 is 28.1 Å². The van der Waals surface area contributed by atoms with Gasteiger partial charge in [0.05, 0.1) is 25.6 Å². The fourth-order valence-corrected chi connectivity index (χ4v) is 5.26. The van der Waals surface area contributed by atoms with Crippen molar-refractivity contribution in [1.82, 2.24) is 14.9 Å². The highest BCUT2D eigenvalue weighted by Gasteiger charge is 2.27. The SMILES string of the molecule is COc1ccc2[nH]c3c(c2c1)CCC[C@@H]3NC(=O)C[C@@H](c1ccsc1)n1cccc1. The van der Waals surface area contributed by atoms with E-state index in [1.165, 1.54) is 16.5 Å². The minimum atomic E-state index is 0.0151. The maximum Gasteiger partial charge on any atom is 0.222 e. The molecule has 6 heteroatoms. The summed E-state index contributed by atoms with van der Waals surface area (Å²) in [5.41, 5.74) is 4.73. The van der Waals surface area contributed by atoms with E-state index in [9.17, 15) is 4.79 Å². The molecule has 154 valence electrons. The smallest absolute Gasteiger partial charge is 0.222 e. The van der Waals surface area contributed by atoms with E-state index in [0.717, 1.165) is 36.2 Å². The Balaban J connectivity index is 1.38. The lowest BCUT2D eigenvalue weighted by atomic mass is 9.91. The minimum Gasteiger partial charge on any atom is -0.497 e. The van der Waals surface area contributed by atoms with Crippen molar-refractivity contribution in [2.75, 3.05) is 7.11 Å². The lowest BCUT2D eigenvalue weighted by Gasteiger charge is -2.25. The van der Waals surface area contributed by atoms with Crippen LogP contribution < -0.4 is 10.1 Å². The second kappa shape index (κ2) is 8.03. The highest BCUT2D eigenvalue weighted by Crippen LogP contribution is 2.36.